The zero-order chi connectivity index (χ0) is 48.2. The molecular formula is C53H96O12S. The summed E-state index contributed by atoms with van der Waals surface area (Å²) in [6.45, 7) is 3.87. The van der Waals surface area contributed by atoms with Crippen molar-refractivity contribution in [3.8, 4) is 0 Å². The van der Waals surface area contributed by atoms with Gasteiger partial charge >= 0.3 is 16.4 Å². The van der Waals surface area contributed by atoms with Crippen LogP contribution < -0.4 is 0 Å². The van der Waals surface area contributed by atoms with Crippen molar-refractivity contribution in [3.05, 3.63) is 48.6 Å². The quantitative estimate of drug-likeness (QED) is 0.0197. The van der Waals surface area contributed by atoms with E-state index < -0.39 is 59.8 Å². The van der Waals surface area contributed by atoms with E-state index in [-0.39, 0.29) is 19.6 Å². The van der Waals surface area contributed by atoms with E-state index in [1.807, 2.05) is 0 Å². The van der Waals surface area contributed by atoms with Gasteiger partial charge in [0.25, 0.3) is 0 Å². The third kappa shape index (κ3) is 37.0. The number of hydrogen-bond donors (Lipinski definition) is 4. The second-order valence-corrected chi connectivity index (χ2v) is 19.1. The number of rotatable bonds is 46. The Morgan fingerprint density at radius 2 is 1.05 bits per heavy atom. The van der Waals surface area contributed by atoms with Gasteiger partial charge in [-0.05, 0) is 51.4 Å². The lowest BCUT2D eigenvalue weighted by Crippen LogP contribution is -2.60. The van der Waals surface area contributed by atoms with Crippen molar-refractivity contribution in [2.24, 2.45) is 0 Å². The lowest BCUT2D eigenvalue weighted by Gasteiger charge is -2.41. The molecule has 1 rings (SSSR count). The van der Waals surface area contributed by atoms with Gasteiger partial charge in [0, 0.05) is 13.0 Å². The molecule has 0 aromatic carbocycles. The van der Waals surface area contributed by atoms with Gasteiger partial charge in [-0.25, -0.2) is 4.18 Å². The molecule has 66 heavy (non-hydrogen) atoms. The van der Waals surface area contributed by atoms with E-state index in [0.29, 0.717) is 13.0 Å². The van der Waals surface area contributed by atoms with Crippen molar-refractivity contribution in [3.63, 3.8) is 0 Å². The lowest BCUT2D eigenvalue weighted by atomic mass is 9.99. The van der Waals surface area contributed by atoms with E-state index in [9.17, 15) is 33.1 Å². The van der Waals surface area contributed by atoms with Crippen LogP contribution in [0.2, 0.25) is 0 Å². The van der Waals surface area contributed by atoms with Crippen LogP contribution in [0.15, 0.2) is 48.6 Å². The zero-order valence-corrected chi connectivity index (χ0v) is 42.3. The molecule has 1 fully saturated rings. The van der Waals surface area contributed by atoms with Gasteiger partial charge < -0.3 is 34.3 Å². The summed E-state index contributed by atoms with van der Waals surface area (Å²) in [5.74, 6) is -0.403. The van der Waals surface area contributed by atoms with Gasteiger partial charge in [-0.3, -0.25) is 9.35 Å². The van der Waals surface area contributed by atoms with Crippen molar-refractivity contribution in [2.45, 2.75) is 256 Å². The fourth-order valence-corrected chi connectivity index (χ4v) is 8.53. The van der Waals surface area contributed by atoms with Gasteiger partial charge in [-0.15, -0.1) is 0 Å². The average molecular weight is 957 g/mol. The van der Waals surface area contributed by atoms with Crippen LogP contribution in [-0.2, 0) is 38.3 Å². The standard InChI is InChI=1S/C53H96O12S/c1-3-5-7-9-11-13-15-17-19-21-23-24-25-26-28-30-32-34-36-38-40-42-49(55)63-47(46-62-53-51(57)52(65-66(58,59)60)50(56)48(44-54)64-53)45-61-43-41-39-37-35-33-31-29-27-22-20-18-16-14-12-10-8-6-4-2/h6,8,12,14,18,20,27,29,47-48,50-54,56-57H,3-5,7,9-11,13,15-17,19,21-26,28,30-46H2,1-2H3,(H,58,59,60)/b8-6-,14-12-,20-18-,29-27-. The van der Waals surface area contributed by atoms with Crippen LogP contribution >= 0.6 is 0 Å². The Balaban J connectivity index is 2.35. The fourth-order valence-electron chi connectivity index (χ4n) is 8.02. The molecule has 1 heterocycles. The van der Waals surface area contributed by atoms with E-state index in [2.05, 4.69) is 66.6 Å². The van der Waals surface area contributed by atoms with Crippen molar-refractivity contribution in [1.29, 1.82) is 0 Å². The van der Waals surface area contributed by atoms with E-state index >= 15 is 0 Å². The van der Waals surface area contributed by atoms with Crippen LogP contribution in [0, 0.1) is 0 Å². The normalized spacial score (nSPS) is 19.9. The number of hydrogen-bond acceptors (Lipinski definition) is 11. The molecular weight excluding hydrogens is 861 g/mol. The van der Waals surface area contributed by atoms with E-state index in [1.54, 1.807) is 0 Å². The smallest absolute Gasteiger partial charge is 0.397 e. The van der Waals surface area contributed by atoms with Crippen molar-refractivity contribution in [1.82, 2.24) is 0 Å². The maximum Gasteiger partial charge on any atom is 0.397 e. The SMILES string of the molecule is CC/C=C\C/C=C\C/C=C\C/C=C\CCCCCCCOCC(COC1OC(CO)C(O)C(OS(=O)(=O)O)C1O)OC(=O)CCCCCCCCCCCCCCCCCCCCCCC. The molecule has 6 unspecified atom stereocenters. The first-order valence-corrected chi connectivity index (χ1v) is 27.8. The molecule has 1 saturated heterocycles. The molecule has 0 aromatic rings. The van der Waals surface area contributed by atoms with E-state index in [1.165, 1.54) is 109 Å². The molecule has 13 heteroatoms. The fraction of sp³-hybridized carbons (Fsp3) is 0.830. The highest BCUT2D eigenvalue weighted by Crippen LogP contribution is 2.26. The Kier molecular flexibility index (Phi) is 41.6. The maximum atomic E-state index is 12.9. The third-order valence-corrected chi connectivity index (χ3v) is 12.4. The third-order valence-electron chi connectivity index (χ3n) is 12.0. The molecule has 386 valence electrons. The van der Waals surface area contributed by atoms with Crippen molar-refractivity contribution < 1.29 is 56.2 Å². The summed E-state index contributed by atoms with van der Waals surface area (Å²) in [4.78, 5) is 12.9. The molecule has 1 aliphatic heterocycles. The second-order valence-electron chi connectivity index (χ2n) is 18.1. The average Bonchev–Trinajstić information content (AvgIpc) is 3.29. The molecule has 4 N–H and O–H groups in total. The monoisotopic (exact) mass is 957 g/mol. The summed E-state index contributed by atoms with van der Waals surface area (Å²) >= 11 is 0. The molecule has 1 aliphatic rings. The summed E-state index contributed by atoms with van der Waals surface area (Å²) in [7, 11) is -5.07. The van der Waals surface area contributed by atoms with Crippen molar-refractivity contribution >= 4 is 16.4 Å². The molecule has 6 atom stereocenters. The number of allylic oxidation sites excluding steroid dienone is 8. The van der Waals surface area contributed by atoms with Gasteiger partial charge in [0.2, 0.25) is 0 Å². The second kappa shape index (κ2) is 44.3. The van der Waals surface area contributed by atoms with E-state index in [0.717, 1.165) is 83.5 Å². The number of unbranched alkanes of at least 4 members (excludes halogenated alkanes) is 25. The Bertz CT molecular complexity index is 1340. The van der Waals surface area contributed by atoms with Crippen LogP contribution in [-0.4, -0.2) is 97.5 Å². The van der Waals surface area contributed by atoms with Crippen LogP contribution in [0.1, 0.15) is 219 Å². The highest BCUT2D eigenvalue weighted by Gasteiger charge is 2.48. The minimum Gasteiger partial charge on any atom is -0.457 e. The Labute approximate surface area is 402 Å². The Hall–Kier alpha value is -1.94. The molecule has 0 aliphatic carbocycles. The first-order valence-electron chi connectivity index (χ1n) is 26.4. The number of carbonyl (C=O) groups is 1. The van der Waals surface area contributed by atoms with E-state index in [4.69, 9.17) is 18.9 Å². The van der Waals surface area contributed by atoms with Gasteiger partial charge in [0.1, 0.15) is 30.5 Å². The molecule has 12 nitrogen and oxygen atoms in total. The highest BCUT2D eigenvalue weighted by molar-refractivity contribution is 7.80. The van der Waals surface area contributed by atoms with Crippen LogP contribution in [0.3, 0.4) is 0 Å². The molecule has 0 bridgehead atoms. The summed E-state index contributed by atoms with van der Waals surface area (Å²) in [5, 5.41) is 30.8. The minimum absolute atomic E-state index is 0.0245. The largest absolute Gasteiger partial charge is 0.457 e. The summed E-state index contributed by atoms with van der Waals surface area (Å²) in [6, 6.07) is 0. The Morgan fingerprint density at radius 1 is 0.591 bits per heavy atom. The summed E-state index contributed by atoms with van der Waals surface area (Å²) in [5.41, 5.74) is 0. The first-order chi connectivity index (χ1) is 32.1. The number of carbonyl (C=O) groups excluding carboxylic acids is 1. The van der Waals surface area contributed by atoms with Crippen LogP contribution in [0.25, 0.3) is 0 Å². The summed E-state index contributed by atoms with van der Waals surface area (Å²) in [6.07, 6.45) is 45.7. The van der Waals surface area contributed by atoms with Crippen LogP contribution in [0.5, 0.6) is 0 Å². The minimum atomic E-state index is -5.07. The predicted molar refractivity (Wildman–Crippen MR) is 266 cm³/mol. The molecule has 0 aromatic heterocycles. The maximum absolute atomic E-state index is 12.9. The van der Waals surface area contributed by atoms with Gasteiger partial charge in [0.15, 0.2) is 6.29 Å². The van der Waals surface area contributed by atoms with Gasteiger partial charge in [-0.1, -0.05) is 210 Å². The molecule has 0 radical (unpaired) electrons. The van der Waals surface area contributed by atoms with Gasteiger partial charge in [0.05, 0.1) is 19.8 Å². The summed E-state index contributed by atoms with van der Waals surface area (Å²) < 4.78 is 59.3. The highest BCUT2D eigenvalue weighted by atomic mass is 32.3. The molecule has 0 spiro atoms. The Morgan fingerprint density at radius 3 is 1.53 bits per heavy atom. The van der Waals surface area contributed by atoms with Crippen LogP contribution in [0.4, 0.5) is 0 Å². The molecule has 0 amide bonds. The topological polar surface area (TPSA) is 178 Å². The number of aliphatic hydroxyl groups excluding tert-OH is 3. The number of ether oxygens (including phenoxy) is 4. The number of esters is 1. The van der Waals surface area contributed by atoms with Crippen molar-refractivity contribution in [2.75, 3.05) is 26.4 Å². The zero-order valence-electron chi connectivity index (χ0n) is 41.5. The molecule has 0 saturated carbocycles. The number of aliphatic hydroxyl groups is 3. The van der Waals surface area contributed by atoms with Gasteiger partial charge in [-0.2, -0.15) is 8.42 Å². The first kappa shape index (κ1) is 62.1. The predicted octanol–water partition coefficient (Wildman–Crippen LogP) is 12.3. The lowest BCUT2D eigenvalue weighted by molar-refractivity contribution is -0.301.